The molecule has 5 heteroatoms. The summed E-state index contributed by atoms with van der Waals surface area (Å²) >= 11 is 1.50. The average molecular weight is 285 g/mol. The highest BCUT2D eigenvalue weighted by molar-refractivity contribution is 7.99. The van der Waals surface area contributed by atoms with E-state index in [0.717, 1.165) is 0 Å². The number of hydrogen-bond acceptors (Lipinski definition) is 3. The Morgan fingerprint density at radius 3 is 2.37 bits per heavy atom. The van der Waals surface area contributed by atoms with Crippen LogP contribution in [0.4, 0.5) is 4.39 Å². The van der Waals surface area contributed by atoms with Crippen LogP contribution in [0.25, 0.3) is 0 Å². The minimum Gasteiger partial charge on any atom is -0.395 e. The first-order chi connectivity index (χ1) is 8.90. The quantitative estimate of drug-likeness (QED) is 0.872. The summed E-state index contributed by atoms with van der Waals surface area (Å²) in [7, 11) is 0. The predicted molar refractivity (Wildman–Crippen MR) is 77.2 cm³/mol. The van der Waals surface area contributed by atoms with Crippen LogP contribution in [-0.4, -0.2) is 35.2 Å². The second-order valence-corrected chi connectivity index (χ2v) is 5.72. The molecule has 0 bridgehead atoms. The SMILES string of the molecule is CSC(CO)C(C)NC(=O)c1cc(C)c(F)c(C)c1. The molecule has 0 saturated carbocycles. The van der Waals surface area contributed by atoms with Crippen LogP contribution in [0.15, 0.2) is 12.1 Å². The second-order valence-electron chi connectivity index (χ2n) is 4.64. The van der Waals surface area contributed by atoms with Gasteiger partial charge in [0.1, 0.15) is 5.82 Å². The van der Waals surface area contributed by atoms with Crippen molar-refractivity contribution in [3.63, 3.8) is 0 Å². The van der Waals surface area contributed by atoms with Gasteiger partial charge in [0, 0.05) is 16.9 Å². The number of aliphatic hydroxyl groups excluding tert-OH is 1. The molecule has 2 unspecified atom stereocenters. The third-order valence-corrected chi connectivity index (χ3v) is 4.26. The van der Waals surface area contributed by atoms with Crippen LogP contribution in [0.2, 0.25) is 0 Å². The summed E-state index contributed by atoms with van der Waals surface area (Å²) in [5.74, 6) is -0.520. The van der Waals surface area contributed by atoms with E-state index in [1.54, 1.807) is 13.8 Å². The lowest BCUT2D eigenvalue weighted by molar-refractivity contribution is 0.0935. The number of halogens is 1. The number of thioether (sulfide) groups is 1. The number of amides is 1. The monoisotopic (exact) mass is 285 g/mol. The van der Waals surface area contributed by atoms with Crippen LogP contribution in [0.1, 0.15) is 28.4 Å². The first-order valence-corrected chi connectivity index (χ1v) is 7.40. The number of aliphatic hydroxyl groups is 1. The largest absolute Gasteiger partial charge is 0.395 e. The highest BCUT2D eigenvalue weighted by atomic mass is 32.2. The van der Waals surface area contributed by atoms with Gasteiger partial charge >= 0.3 is 0 Å². The molecule has 3 nitrogen and oxygen atoms in total. The highest BCUT2D eigenvalue weighted by Gasteiger charge is 2.19. The Bertz CT molecular complexity index is 438. The summed E-state index contributed by atoms with van der Waals surface area (Å²) < 4.78 is 13.5. The third kappa shape index (κ3) is 3.94. The molecular weight excluding hydrogens is 265 g/mol. The molecule has 2 N–H and O–H groups in total. The Morgan fingerprint density at radius 2 is 1.95 bits per heavy atom. The molecule has 0 aromatic heterocycles. The van der Waals surface area contributed by atoms with E-state index in [9.17, 15) is 14.3 Å². The van der Waals surface area contributed by atoms with Gasteiger partial charge in [-0.2, -0.15) is 11.8 Å². The molecule has 1 rings (SSSR count). The molecule has 106 valence electrons. The van der Waals surface area contributed by atoms with E-state index >= 15 is 0 Å². The summed E-state index contributed by atoms with van der Waals surface area (Å²) in [6, 6.07) is 2.92. The Hall–Kier alpha value is -1.07. The van der Waals surface area contributed by atoms with Crippen LogP contribution in [-0.2, 0) is 0 Å². The minimum absolute atomic E-state index is 0.00405. The van der Waals surface area contributed by atoms with Gasteiger partial charge in [0.15, 0.2) is 0 Å². The van der Waals surface area contributed by atoms with Crippen molar-refractivity contribution in [2.45, 2.75) is 32.1 Å². The van der Waals surface area contributed by atoms with Gasteiger partial charge in [-0.05, 0) is 50.3 Å². The molecule has 0 aliphatic carbocycles. The molecule has 0 spiro atoms. The van der Waals surface area contributed by atoms with Gasteiger partial charge in [0.2, 0.25) is 0 Å². The molecule has 19 heavy (non-hydrogen) atoms. The zero-order chi connectivity index (χ0) is 14.6. The fourth-order valence-electron chi connectivity index (χ4n) is 1.90. The lowest BCUT2D eigenvalue weighted by Crippen LogP contribution is -2.41. The van der Waals surface area contributed by atoms with E-state index in [-0.39, 0.29) is 29.6 Å². The van der Waals surface area contributed by atoms with Gasteiger partial charge in [-0.1, -0.05) is 0 Å². The molecule has 1 amide bonds. The van der Waals surface area contributed by atoms with Crippen molar-refractivity contribution in [3.05, 3.63) is 34.6 Å². The van der Waals surface area contributed by atoms with Gasteiger partial charge in [-0.25, -0.2) is 4.39 Å². The molecule has 0 heterocycles. The fourth-order valence-corrected chi connectivity index (χ4v) is 2.52. The van der Waals surface area contributed by atoms with E-state index in [1.165, 1.54) is 23.9 Å². The van der Waals surface area contributed by atoms with E-state index in [0.29, 0.717) is 16.7 Å². The Balaban J connectivity index is 2.84. The van der Waals surface area contributed by atoms with Crippen molar-refractivity contribution in [2.75, 3.05) is 12.9 Å². The first kappa shape index (κ1) is 16.0. The smallest absolute Gasteiger partial charge is 0.251 e. The molecule has 0 radical (unpaired) electrons. The van der Waals surface area contributed by atoms with Gasteiger partial charge in [0.25, 0.3) is 5.91 Å². The van der Waals surface area contributed by atoms with Gasteiger partial charge in [-0.15, -0.1) is 0 Å². The molecule has 0 fully saturated rings. The van der Waals surface area contributed by atoms with E-state index in [4.69, 9.17) is 0 Å². The van der Waals surface area contributed by atoms with Crippen molar-refractivity contribution >= 4 is 17.7 Å². The number of hydrogen-bond donors (Lipinski definition) is 2. The molecule has 0 saturated heterocycles. The van der Waals surface area contributed by atoms with Crippen molar-refractivity contribution < 1.29 is 14.3 Å². The summed E-state index contributed by atoms with van der Waals surface area (Å²) in [5.41, 5.74) is 1.36. The van der Waals surface area contributed by atoms with Crippen molar-refractivity contribution in [3.8, 4) is 0 Å². The lowest BCUT2D eigenvalue weighted by Gasteiger charge is -2.21. The number of carbonyl (C=O) groups excluding carboxylic acids is 1. The van der Waals surface area contributed by atoms with Gasteiger partial charge in [0.05, 0.1) is 6.61 Å². The van der Waals surface area contributed by atoms with E-state index < -0.39 is 0 Å². The normalized spacial score (nSPS) is 14.0. The molecule has 0 aliphatic heterocycles. The van der Waals surface area contributed by atoms with Crippen molar-refractivity contribution in [1.82, 2.24) is 5.32 Å². The topological polar surface area (TPSA) is 49.3 Å². The summed E-state index contributed by atoms with van der Waals surface area (Å²) in [6.07, 6.45) is 1.88. The number of benzene rings is 1. The summed E-state index contributed by atoms with van der Waals surface area (Å²) in [6.45, 7) is 5.13. The summed E-state index contributed by atoms with van der Waals surface area (Å²) in [4.78, 5) is 12.1. The maximum Gasteiger partial charge on any atom is 0.251 e. The fraction of sp³-hybridized carbons (Fsp3) is 0.500. The van der Waals surface area contributed by atoms with Crippen LogP contribution >= 0.6 is 11.8 Å². The Morgan fingerprint density at radius 1 is 1.42 bits per heavy atom. The second kappa shape index (κ2) is 6.91. The average Bonchev–Trinajstić information content (AvgIpc) is 2.36. The maximum absolute atomic E-state index is 13.5. The zero-order valence-electron chi connectivity index (χ0n) is 11.7. The molecule has 1 aromatic carbocycles. The number of nitrogens with one attached hydrogen (secondary N) is 1. The van der Waals surface area contributed by atoms with Gasteiger partial charge in [-0.3, -0.25) is 4.79 Å². The van der Waals surface area contributed by atoms with Crippen LogP contribution in [0, 0.1) is 19.7 Å². The first-order valence-electron chi connectivity index (χ1n) is 6.12. The standard InChI is InChI=1S/C14H20FNO2S/c1-8-5-11(6-9(2)13(8)15)14(18)16-10(3)12(7-17)19-4/h5-6,10,12,17H,7H2,1-4H3,(H,16,18). The van der Waals surface area contributed by atoms with Crippen molar-refractivity contribution in [2.24, 2.45) is 0 Å². The summed E-state index contributed by atoms with van der Waals surface area (Å²) in [5, 5.41) is 12.0. The predicted octanol–water partition coefficient (Wildman–Crippen LogP) is 2.28. The Labute approximate surface area is 117 Å². The van der Waals surface area contributed by atoms with E-state index in [1.807, 2.05) is 13.2 Å². The molecule has 0 aliphatic rings. The lowest BCUT2D eigenvalue weighted by atomic mass is 10.1. The van der Waals surface area contributed by atoms with Crippen molar-refractivity contribution in [1.29, 1.82) is 0 Å². The van der Waals surface area contributed by atoms with E-state index in [2.05, 4.69) is 5.32 Å². The maximum atomic E-state index is 13.5. The molecule has 1 aromatic rings. The zero-order valence-corrected chi connectivity index (χ0v) is 12.5. The van der Waals surface area contributed by atoms with Crippen LogP contribution < -0.4 is 5.32 Å². The van der Waals surface area contributed by atoms with Crippen LogP contribution in [0.3, 0.4) is 0 Å². The Kier molecular flexibility index (Phi) is 5.82. The van der Waals surface area contributed by atoms with Crippen LogP contribution in [0.5, 0.6) is 0 Å². The molecular formula is C14H20FNO2S. The number of carbonyl (C=O) groups is 1. The minimum atomic E-state index is -0.276. The molecule has 2 atom stereocenters. The van der Waals surface area contributed by atoms with Gasteiger partial charge < -0.3 is 10.4 Å². The number of aryl methyl sites for hydroxylation is 2. The third-order valence-electron chi connectivity index (χ3n) is 3.10. The number of rotatable bonds is 5. The highest BCUT2D eigenvalue weighted by Crippen LogP contribution is 2.16.